The third kappa shape index (κ3) is 3.29. The average Bonchev–Trinajstić information content (AvgIpc) is 3.17. The molecule has 1 unspecified atom stereocenters. The summed E-state index contributed by atoms with van der Waals surface area (Å²) in [6.07, 6.45) is 4.34. The van der Waals surface area contributed by atoms with Crippen molar-refractivity contribution in [3.63, 3.8) is 0 Å². The summed E-state index contributed by atoms with van der Waals surface area (Å²) < 4.78 is 28.4. The highest BCUT2D eigenvalue weighted by molar-refractivity contribution is 7.89. The van der Waals surface area contributed by atoms with Gasteiger partial charge >= 0.3 is 0 Å². The summed E-state index contributed by atoms with van der Waals surface area (Å²) in [4.78, 5) is 0.279. The molecule has 1 atom stereocenters. The van der Waals surface area contributed by atoms with Gasteiger partial charge in [-0.25, -0.2) is 13.1 Å². The second-order valence-electron chi connectivity index (χ2n) is 5.91. The van der Waals surface area contributed by atoms with Crippen LogP contribution in [0.25, 0.3) is 0 Å². The smallest absolute Gasteiger partial charge is 0.243 e. The van der Waals surface area contributed by atoms with Gasteiger partial charge in [-0.05, 0) is 30.5 Å². The number of nitrogens with zero attached hydrogens (tertiary/aromatic N) is 4. The molecule has 2 heterocycles. The van der Waals surface area contributed by atoms with Crippen LogP contribution >= 0.6 is 0 Å². The van der Waals surface area contributed by atoms with Crippen LogP contribution in [-0.2, 0) is 23.0 Å². The molecule has 1 N–H and O–H groups in total. The van der Waals surface area contributed by atoms with E-state index in [1.54, 1.807) is 24.4 Å². The van der Waals surface area contributed by atoms with E-state index in [2.05, 4.69) is 10.3 Å². The zero-order valence-electron chi connectivity index (χ0n) is 13.0. The fourth-order valence-corrected chi connectivity index (χ4v) is 4.44. The zero-order chi connectivity index (χ0) is 16.5. The Hall–Kier alpha value is -1.77. The number of benzene rings is 1. The predicted molar refractivity (Wildman–Crippen MR) is 84.2 cm³/mol. The van der Waals surface area contributed by atoms with Gasteiger partial charge in [-0.15, -0.1) is 5.10 Å². The summed E-state index contributed by atoms with van der Waals surface area (Å²) in [7, 11) is -3.59. The Kier molecular flexibility index (Phi) is 4.22. The minimum absolute atomic E-state index is 0.0611. The minimum atomic E-state index is -3.59. The van der Waals surface area contributed by atoms with E-state index >= 15 is 0 Å². The predicted octanol–water partition coefficient (Wildman–Crippen LogP) is 0.666. The molecule has 0 saturated carbocycles. The number of sulfonamides is 1. The molecule has 0 radical (unpaired) electrons. The van der Waals surface area contributed by atoms with Crippen LogP contribution in [0.2, 0.25) is 0 Å². The lowest BCUT2D eigenvalue weighted by molar-refractivity contribution is 0.0341. The molecule has 1 aliphatic heterocycles. The Balaban J connectivity index is 1.79. The lowest BCUT2D eigenvalue weighted by atomic mass is 10.0. The molecule has 7 nitrogen and oxygen atoms in total. The van der Waals surface area contributed by atoms with E-state index in [1.807, 2.05) is 13.0 Å². The molecule has 0 amide bonds. The Labute approximate surface area is 135 Å². The SMILES string of the molecule is CCc1cccc(S(=O)(=O)N2CCC(O)(Cn3ccnn3)C2)c1. The zero-order valence-corrected chi connectivity index (χ0v) is 13.8. The van der Waals surface area contributed by atoms with Gasteiger partial charge in [0.2, 0.25) is 10.0 Å². The maximum absolute atomic E-state index is 12.8. The van der Waals surface area contributed by atoms with Gasteiger partial charge in [0.05, 0.1) is 23.2 Å². The minimum Gasteiger partial charge on any atom is -0.387 e. The number of hydrogen-bond donors (Lipinski definition) is 1. The van der Waals surface area contributed by atoms with Crippen molar-refractivity contribution >= 4 is 10.0 Å². The quantitative estimate of drug-likeness (QED) is 0.867. The van der Waals surface area contributed by atoms with Crippen molar-refractivity contribution in [2.24, 2.45) is 0 Å². The van der Waals surface area contributed by atoms with E-state index in [0.717, 1.165) is 12.0 Å². The maximum atomic E-state index is 12.8. The fourth-order valence-electron chi connectivity index (χ4n) is 2.85. The second kappa shape index (κ2) is 6.03. The molecular formula is C15H20N4O3S. The highest BCUT2D eigenvalue weighted by Crippen LogP contribution is 2.28. The number of aryl methyl sites for hydroxylation is 1. The molecule has 0 spiro atoms. The number of aliphatic hydroxyl groups is 1. The molecule has 1 aromatic carbocycles. The normalized spacial score (nSPS) is 22.5. The molecule has 23 heavy (non-hydrogen) atoms. The Bertz CT molecular complexity index is 776. The van der Waals surface area contributed by atoms with Crippen molar-refractivity contribution < 1.29 is 13.5 Å². The van der Waals surface area contributed by atoms with Gasteiger partial charge in [0.1, 0.15) is 0 Å². The van der Waals surface area contributed by atoms with Crippen molar-refractivity contribution in [3.8, 4) is 0 Å². The average molecular weight is 336 g/mol. The first kappa shape index (κ1) is 16.1. The van der Waals surface area contributed by atoms with Crippen LogP contribution in [0.15, 0.2) is 41.6 Å². The summed E-state index contributed by atoms with van der Waals surface area (Å²) in [5, 5.41) is 18.2. The Morgan fingerprint density at radius 1 is 1.39 bits per heavy atom. The Morgan fingerprint density at radius 2 is 2.22 bits per heavy atom. The topological polar surface area (TPSA) is 88.3 Å². The van der Waals surface area contributed by atoms with Gasteiger partial charge in [-0.2, -0.15) is 4.31 Å². The van der Waals surface area contributed by atoms with E-state index in [4.69, 9.17) is 0 Å². The first-order chi connectivity index (χ1) is 10.9. The van der Waals surface area contributed by atoms with E-state index in [9.17, 15) is 13.5 Å². The third-order valence-corrected chi connectivity index (χ3v) is 6.01. The van der Waals surface area contributed by atoms with Gasteiger partial charge in [-0.3, -0.25) is 0 Å². The largest absolute Gasteiger partial charge is 0.387 e. The molecule has 0 aliphatic carbocycles. The van der Waals surface area contributed by atoms with E-state index < -0.39 is 15.6 Å². The van der Waals surface area contributed by atoms with Gasteiger partial charge < -0.3 is 5.11 Å². The molecular weight excluding hydrogens is 316 g/mol. The van der Waals surface area contributed by atoms with Crippen LogP contribution in [0.3, 0.4) is 0 Å². The first-order valence-corrected chi connectivity index (χ1v) is 9.02. The summed E-state index contributed by atoms with van der Waals surface area (Å²) in [5.74, 6) is 0. The van der Waals surface area contributed by atoms with E-state index in [1.165, 1.54) is 15.2 Å². The number of rotatable bonds is 5. The van der Waals surface area contributed by atoms with Gasteiger partial charge in [0, 0.05) is 19.3 Å². The molecule has 124 valence electrons. The Morgan fingerprint density at radius 3 is 2.91 bits per heavy atom. The number of hydrogen-bond acceptors (Lipinski definition) is 5. The van der Waals surface area contributed by atoms with E-state index in [0.29, 0.717) is 13.0 Å². The van der Waals surface area contributed by atoms with Crippen LogP contribution in [-0.4, -0.2) is 51.5 Å². The van der Waals surface area contributed by atoms with Crippen LogP contribution in [0.5, 0.6) is 0 Å². The molecule has 1 aliphatic rings. The third-order valence-electron chi connectivity index (χ3n) is 4.17. The highest BCUT2D eigenvalue weighted by Gasteiger charge is 2.42. The van der Waals surface area contributed by atoms with Gasteiger partial charge in [-0.1, -0.05) is 24.3 Å². The van der Waals surface area contributed by atoms with Gasteiger partial charge in [0.25, 0.3) is 0 Å². The fraction of sp³-hybridized carbons (Fsp3) is 0.467. The molecule has 0 bridgehead atoms. The van der Waals surface area contributed by atoms with Gasteiger partial charge in [0.15, 0.2) is 0 Å². The van der Waals surface area contributed by atoms with Crippen molar-refractivity contribution in [2.45, 2.75) is 36.8 Å². The summed E-state index contributed by atoms with van der Waals surface area (Å²) in [5.41, 5.74) is -0.147. The summed E-state index contributed by atoms with van der Waals surface area (Å²) >= 11 is 0. The number of β-amino-alcohol motifs (C(OH)–C–C–N with tert-alkyl or cyclic N) is 1. The summed E-state index contributed by atoms with van der Waals surface area (Å²) in [6, 6.07) is 6.96. The second-order valence-corrected chi connectivity index (χ2v) is 7.85. The molecule has 8 heteroatoms. The van der Waals surface area contributed by atoms with Crippen molar-refractivity contribution in [3.05, 3.63) is 42.2 Å². The van der Waals surface area contributed by atoms with E-state index in [-0.39, 0.29) is 18.0 Å². The molecule has 3 rings (SSSR count). The van der Waals surface area contributed by atoms with Crippen LogP contribution in [0.1, 0.15) is 18.9 Å². The standard InChI is InChI=1S/C15H20N4O3S/c1-2-13-4-3-5-14(10-13)23(21,22)19-8-6-15(20,12-19)11-18-9-7-16-17-18/h3-5,7,9-10,20H,2,6,8,11-12H2,1H3. The molecule has 1 saturated heterocycles. The van der Waals surface area contributed by atoms with Crippen molar-refractivity contribution in [1.29, 1.82) is 0 Å². The maximum Gasteiger partial charge on any atom is 0.243 e. The van der Waals surface area contributed by atoms with Crippen molar-refractivity contribution in [2.75, 3.05) is 13.1 Å². The van der Waals surface area contributed by atoms with Crippen molar-refractivity contribution in [1.82, 2.24) is 19.3 Å². The molecule has 1 fully saturated rings. The highest BCUT2D eigenvalue weighted by atomic mass is 32.2. The van der Waals surface area contributed by atoms with Crippen LogP contribution < -0.4 is 0 Å². The lowest BCUT2D eigenvalue weighted by Crippen LogP contribution is -2.39. The first-order valence-electron chi connectivity index (χ1n) is 7.58. The monoisotopic (exact) mass is 336 g/mol. The van der Waals surface area contributed by atoms with Crippen LogP contribution in [0.4, 0.5) is 0 Å². The van der Waals surface area contributed by atoms with Crippen LogP contribution in [0, 0.1) is 0 Å². The lowest BCUT2D eigenvalue weighted by Gasteiger charge is -2.23. The number of aromatic nitrogens is 3. The molecule has 1 aromatic heterocycles. The molecule has 2 aromatic rings. The summed E-state index contributed by atoms with van der Waals surface area (Å²) in [6.45, 7) is 2.57.